The molecule has 2 aliphatic rings. The van der Waals surface area contributed by atoms with Gasteiger partial charge in [0.25, 0.3) is 0 Å². The first kappa shape index (κ1) is 15.0. The van der Waals surface area contributed by atoms with Gasteiger partial charge in [0.05, 0.1) is 18.7 Å². The van der Waals surface area contributed by atoms with Crippen LogP contribution in [0.5, 0.6) is 11.5 Å². The fourth-order valence-corrected chi connectivity index (χ4v) is 3.41. The smallest absolute Gasteiger partial charge is 0.179 e. The lowest BCUT2D eigenvalue weighted by molar-refractivity contribution is 0.274. The Morgan fingerprint density at radius 1 is 1.24 bits per heavy atom. The lowest BCUT2D eigenvalue weighted by Gasteiger charge is -2.34. The van der Waals surface area contributed by atoms with Gasteiger partial charge < -0.3 is 15.2 Å². The van der Waals surface area contributed by atoms with Gasteiger partial charge in [0, 0.05) is 5.54 Å². The van der Waals surface area contributed by atoms with E-state index >= 15 is 0 Å². The second-order valence-electron chi connectivity index (χ2n) is 6.46. The Morgan fingerprint density at radius 2 is 1.95 bits per heavy atom. The summed E-state index contributed by atoms with van der Waals surface area (Å²) in [7, 11) is 1.63. The summed E-state index contributed by atoms with van der Waals surface area (Å²) < 4.78 is 11.4. The highest BCUT2D eigenvalue weighted by molar-refractivity contribution is 6.32. The molecule has 2 fully saturated rings. The number of hydrogen-bond donors (Lipinski definition) is 1. The standard InChI is InChI=1S/C17H24ClNO2/c1-20-16-14(18)9-13(17(19)7-3-2-4-8-17)10-15(16)21-11-12-5-6-12/h9-10,12H,2-8,11,19H2,1H3. The molecular formula is C17H24ClNO2. The summed E-state index contributed by atoms with van der Waals surface area (Å²) >= 11 is 6.39. The highest BCUT2D eigenvalue weighted by Crippen LogP contribution is 2.43. The van der Waals surface area contributed by atoms with E-state index in [4.69, 9.17) is 26.8 Å². The van der Waals surface area contributed by atoms with Gasteiger partial charge in [-0.3, -0.25) is 0 Å². The molecular weight excluding hydrogens is 286 g/mol. The Bertz CT molecular complexity index is 508. The van der Waals surface area contributed by atoms with Crippen LogP contribution in [-0.2, 0) is 5.54 Å². The van der Waals surface area contributed by atoms with Gasteiger partial charge >= 0.3 is 0 Å². The van der Waals surface area contributed by atoms with Crippen molar-refractivity contribution in [1.29, 1.82) is 0 Å². The first-order chi connectivity index (χ1) is 10.1. The summed E-state index contributed by atoms with van der Waals surface area (Å²) in [6, 6.07) is 3.99. The minimum absolute atomic E-state index is 0.272. The molecule has 0 saturated heterocycles. The fraction of sp³-hybridized carbons (Fsp3) is 0.647. The quantitative estimate of drug-likeness (QED) is 0.884. The maximum atomic E-state index is 6.62. The van der Waals surface area contributed by atoms with E-state index < -0.39 is 0 Å². The van der Waals surface area contributed by atoms with Crippen molar-refractivity contribution >= 4 is 11.6 Å². The molecule has 2 N–H and O–H groups in total. The number of methoxy groups -OCH3 is 1. The molecule has 1 aromatic rings. The van der Waals surface area contributed by atoms with Crippen LogP contribution in [0.3, 0.4) is 0 Å². The molecule has 0 aromatic heterocycles. The van der Waals surface area contributed by atoms with Crippen LogP contribution >= 0.6 is 11.6 Å². The summed E-state index contributed by atoms with van der Waals surface area (Å²) in [6.45, 7) is 0.744. The Balaban J connectivity index is 1.89. The molecule has 21 heavy (non-hydrogen) atoms. The van der Waals surface area contributed by atoms with Gasteiger partial charge in [-0.2, -0.15) is 0 Å². The highest BCUT2D eigenvalue weighted by atomic mass is 35.5. The molecule has 2 saturated carbocycles. The number of nitrogens with two attached hydrogens (primary N) is 1. The Hall–Kier alpha value is -0.930. The summed E-state index contributed by atoms with van der Waals surface area (Å²) in [5.74, 6) is 2.06. The van der Waals surface area contributed by atoms with E-state index in [0.717, 1.165) is 30.8 Å². The number of benzene rings is 1. The Labute approximate surface area is 131 Å². The summed E-state index contributed by atoms with van der Waals surface area (Å²) in [5, 5.41) is 0.594. The molecule has 0 heterocycles. The van der Waals surface area contributed by atoms with E-state index in [0.29, 0.717) is 16.7 Å². The van der Waals surface area contributed by atoms with Gasteiger partial charge in [-0.25, -0.2) is 0 Å². The molecule has 2 aliphatic carbocycles. The zero-order valence-corrected chi connectivity index (χ0v) is 13.4. The molecule has 0 amide bonds. The molecule has 3 nitrogen and oxygen atoms in total. The van der Waals surface area contributed by atoms with Gasteiger partial charge in [0.1, 0.15) is 0 Å². The molecule has 4 heteroatoms. The first-order valence-corrected chi connectivity index (χ1v) is 8.30. The molecule has 0 aliphatic heterocycles. The lowest BCUT2D eigenvalue weighted by Crippen LogP contribution is -2.38. The van der Waals surface area contributed by atoms with E-state index in [9.17, 15) is 0 Å². The van der Waals surface area contributed by atoms with Crippen molar-refractivity contribution in [1.82, 2.24) is 0 Å². The van der Waals surface area contributed by atoms with Crippen molar-refractivity contribution in [2.24, 2.45) is 11.7 Å². The zero-order chi connectivity index (χ0) is 14.9. The summed E-state index contributed by atoms with van der Waals surface area (Å²) in [5.41, 5.74) is 7.43. The second-order valence-corrected chi connectivity index (χ2v) is 6.87. The highest BCUT2D eigenvalue weighted by Gasteiger charge is 2.31. The minimum atomic E-state index is -0.272. The molecule has 1 aromatic carbocycles. The largest absolute Gasteiger partial charge is 0.491 e. The Kier molecular flexibility index (Phi) is 4.32. The topological polar surface area (TPSA) is 44.5 Å². The van der Waals surface area contributed by atoms with Crippen LogP contribution in [0.25, 0.3) is 0 Å². The average Bonchev–Trinajstić information content (AvgIpc) is 3.29. The molecule has 0 atom stereocenters. The van der Waals surface area contributed by atoms with Gasteiger partial charge in [-0.15, -0.1) is 0 Å². The monoisotopic (exact) mass is 309 g/mol. The maximum absolute atomic E-state index is 6.62. The number of halogens is 1. The van der Waals surface area contributed by atoms with Gasteiger partial charge in [-0.05, 0) is 49.3 Å². The van der Waals surface area contributed by atoms with E-state index in [2.05, 4.69) is 0 Å². The third kappa shape index (κ3) is 3.29. The van der Waals surface area contributed by atoms with Gasteiger partial charge in [0.15, 0.2) is 11.5 Å². The van der Waals surface area contributed by atoms with Gasteiger partial charge in [0.2, 0.25) is 0 Å². The number of hydrogen-bond acceptors (Lipinski definition) is 3. The normalized spacial score (nSPS) is 21.1. The molecule has 0 unspecified atom stereocenters. The SMILES string of the molecule is COc1c(Cl)cc(C2(N)CCCCC2)cc1OCC1CC1. The van der Waals surface area contributed by atoms with Crippen LogP contribution < -0.4 is 15.2 Å². The minimum Gasteiger partial charge on any atom is -0.491 e. The molecule has 0 bridgehead atoms. The Morgan fingerprint density at radius 3 is 2.57 bits per heavy atom. The number of ether oxygens (including phenoxy) is 2. The fourth-order valence-electron chi connectivity index (χ4n) is 3.12. The van der Waals surface area contributed by atoms with E-state index in [1.54, 1.807) is 7.11 Å². The van der Waals surface area contributed by atoms with Crippen LogP contribution in [0.1, 0.15) is 50.5 Å². The van der Waals surface area contributed by atoms with Crippen molar-refractivity contribution in [3.8, 4) is 11.5 Å². The van der Waals surface area contributed by atoms with Crippen LogP contribution in [0, 0.1) is 5.92 Å². The lowest BCUT2D eigenvalue weighted by atomic mass is 9.77. The average molecular weight is 310 g/mol. The third-order valence-electron chi connectivity index (χ3n) is 4.71. The number of rotatable bonds is 5. The van der Waals surface area contributed by atoms with Crippen LogP contribution in [0.15, 0.2) is 12.1 Å². The van der Waals surface area contributed by atoms with E-state index in [1.165, 1.54) is 32.1 Å². The van der Waals surface area contributed by atoms with Crippen LogP contribution in [0.2, 0.25) is 5.02 Å². The molecule has 116 valence electrons. The molecule has 0 radical (unpaired) electrons. The van der Waals surface area contributed by atoms with Crippen LogP contribution in [-0.4, -0.2) is 13.7 Å². The second kappa shape index (κ2) is 6.05. The van der Waals surface area contributed by atoms with Crippen molar-refractivity contribution in [2.75, 3.05) is 13.7 Å². The van der Waals surface area contributed by atoms with Crippen molar-refractivity contribution in [3.63, 3.8) is 0 Å². The summed E-state index contributed by atoms with van der Waals surface area (Å²) in [4.78, 5) is 0. The van der Waals surface area contributed by atoms with Crippen molar-refractivity contribution in [2.45, 2.75) is 50.5 Å². The zero-order valence-electron chi connectivity index (χ0n) is 12.7. The predicted octanol–water partition coefficient (Wildman–Crippen LogP) is 4.26. The van der Waals surface area contributed by atoms with E-state index in [1.807, 2.05) is 12.1 Å². The van der Waals surface area contributed by atoms with E-state index in [-0.39, 0.29) is 5.54 Å². The van der Waals surface area contributed by atoms with Crippen molar-refractivity contribution in [3.05, 3.63) is 22.7 Å². The maximum Gasteiger partial charge on any atom is 0.179 e. The molecule has 3 rings (SSSR count). The van der Waals surface area contributed by atoms with Crippen molar-refractivity contribution < 1.29 is 9.47 Å². The predicted molar refractivity (Wildman–Crippen MR) is 85.2 cm³/mol. The third-order valence-corrected chi connectivity index (χ3v) is 4.99. The van der Waals surface area contributed by atoms with Gasteiger partial charge in [-0.1, -0.05) is 30.9 Å². The first-order valence-electron chi connectivity index (χ1n) is 7.92. The molecule has 0 spiro atoms. The van der Waals surface area contributed by atoms with Crippen LogP contribution in [0.4, 0.5) is 0 Å². The summed E-state index contributed by atoms with van der Waals surface area (Å²) in [6.07, 6.45) is 8.17.